The molecule has 0 radical (unpaired) electrons. The van der Waals surface area contributed by atoms with Gasteiger partial charge in [0.15, 0.2) is 33.1 Å². The maximum atomic E-state index is 15.6. The Kier molecular flexibility index (Phi) is 15.8. The summed E-state index contributed by atoms with van der Waals surface area (Å²) in [7, 11) is -17.2. The summed E-state index contributed by atoms with van der Waals surface area (Å²) in [6.07, 6.45) is -0.794. The molecule has 7 rings (SSSR count). The Bertz CT molecular complexity index is 3700. The molecule has 1 aliphatic heterocycles. The molecule has 1 amide bonds. The highest BCUT2D eigenvalue weighted by atomic mass is 32.3. The monoisotopic (exact) mass is 1080 g/mol. The van der Waals surface area contributed by atoms with Crippen LogP contribution in [0.15, 0.2) is 116 Å². The van der Waals surface area contributed by atoms with Crippen LogP contribution in [0.2, 0.25) is 0 Å². The summed E-state index contributed by atoms with van der Waals surface area (Å²) in [6, 6.07) is 27.0. The molecule has 0 atom stereocenters. The van der Waals surface area contributed by atoms with E-state index in [0.717, 1.165) is 45.8 Å². The van der Waals surface area contributed by atoms with Crippen molar-refractivity contribution in [1.82, 2.24) is 5.32 Å². The lowest BCUT2D eigenvalue weighted by molar-refractivity contribution is -0.403. The number of nitrogens with one attached hydrogen (secondary N) is 3. The van der Waals surface area contributed by atoms with Gasteiger partial charge in [0.05, 0.1) is 23.8 Å². The zero-order valence-electron chi connectivity index (χ0n) is 40.9. The lowest BCUT2D eigenvalue weighted by Crippen LogP contribution is -2.71. The lowest BCUT2D eigenvalue weighted by atomic mass is 9.91. The van der Waals surface area contributed by atoms with Crippen molar-refractivity contribution in [2.45, 2.75) is 69.6 Å². The van der Waals surface area contributed by atoms with Gasteiger partial charge in [0, 0.05) is 56.0 Å². The fourth-order valence-electron chi connectivity index (χ4n) is 7.81. The fourth-order valence-corrected chi connectivity index (χ4v) is 11.9. The van der Waals surface area contributed by atoms with Crippen molar-refractivity contribution in [3.8, 4) is 22.5 Å². The Morgan fingerprint density at radius 1 is 0.703 bits per heavy atom. The van der Waals surface area contributed by atoms with Crippen LogP contribution >= 0.6 is 0 Å². The number of carbonyl (C=O) groups is 2. The number of sulfonamides is 2. The SMILES string of the molecule is CCC(C)(C)C(=O)OCCNC(=O)OCCS(=O)(=O)c1c(F)c(F)c(S(=O)(=O)[N-]S(=O)(=O)c2cccc(-c3c4ccc(=[NH+]c5c(C)cccc5C)cc-4oc4cc(Nc5c(C)cccc5C)ccc34)c2)c(F)c1F. The minimum atomic E-state index is -6.24. The first-order chi connectivity index (χ1) is 34.8. The number of nitrogens with zero attached hydrogens (tertiary/aromatic N) is 1. The molecule has 0 fully saturated rings. The number of hydrogen-bond acceptors (Lipinski definition) is 12. The normalized spacial score (nSPS) is 12.6. The van der Waals surface area contributed by atoms with E-state index < -0.39 is 97.7 Å². The van der Waals surface area contributed by atoms with Crippen LogP contribution < -0.4 is 21.0 Å². The molecule has 1 aliphatic carbocycles. The number of rotatable bonds is 17. The number of ether oxygens (including phenoxy) is 2. The first-order valence-electron chi connectivity index (χ1n) is 22.8. The van der Waals surface area contributed by atoms with Crippen molar-refractivity contribution in [3.05, 3.63) is 152 Å². The quantitative estimate of drug-likeness (QED) is 0.0256. The Labute approximate surface area is 425 Å². The standard InChI is InChI=1S/C52H49F4N4O11S3/c1-8-52(6,7)50(61)69-23-22-57-51(62)70-24-25-72(63,64)48-42(53)44(55)49(45(56)43(48)54)74(67,68)60-73(65,66)36-17-11-16-33(26-36)41-37-20-18-34(58-46-29(2)12-9-13-30(46)3)27-39(37)71-40-28-35(19-21-38(40)41)59-47-31(4)14-10-15-32(47)5/h9-21,26-28H,8,22-25H2,1-7H3,(H,57,62)(H,58,59)/q-1/p+1. The molecule has 0 saturated carbocycles. The van der Waals surface area contributed by atoms with Gasteiger partial charge in [0.25, 0.3) is 0 Å². The van der Waals surface area contributed by atoms with Crippen LogP contribution in [-0.4, -0.2) is 62.8 Å². The average molecular weight is 1080 g/mol. The molecule has 1 heterocycles. The van der Waals surface area contributed by atoms with Gasteiger partial charge in [-0.2, -0.15) is 0 Å². The lowest BCUT2D eigenvalue weighted by Gasteiger charge is -2.23. The topological polar surface area (TPSA) is 220 Å². The van der Waals surface area contributed by atoms with Crippen molar-refractivity contribution in [1.29, 1.82) is 0 Å². The van der Waals surface area contributed by atoms with Gasteiger partial charge in [-0.05, 0) is 95.0 Å². The molecule has 0 aromatic heterocycles. The number of halogens is 4. The predicted molar refractivity (Wildman–Crippen MR) is 268 cm³/mol. The van der Waals surface area contributed by atoms with Crippen LogP contribution in [0.4, 0.5) is 39.4 Å². The van der Waals surface area contributed by atoms with Gasteiger partial charge in [0.2, 0.25) is 11.0 Å². The smallest absolute Gasteiger partial charge is 0.407 e. The van der Waals surface area contributed by atoms with Crippen molar-refractivity contribution >= 4 is 70.0 Å². The van der Waals surface area contributed by atoms with E-state index in [1.165, 1.54) is 12.1 Å². The number of alkyl carbamates (subject to hydrolysis) is 1. The van der Waals surface area contributed by atoms with E-state index in [-0.39, 0.29) is 18.7 Å². The summed E-state index contributed by atoms with van der Waals surface area (Å²) >= 11 is 0. The molecule has 0 bridgehead atoms. The van der Waals surface area contributed by atoms with Crippen LogP contribution in [0.1, 0.15) is 49.4 Å². The van der Waals surface area contributed by atoms with Gasteiger partial charge >= 0.3 is 12.1 Å². The molecule has 0 unspecified atom stereocenters. The molecule has 2 aliphatic rings. The number of sulfone groups is 1. The van der Waals surface area contributed by atoms with Crippen LogP contribution in [0.5, 0.6) is 0 Å². The van der Waals surface area contributed by atoms with E-state index in [9.17, 15) is 34.8 Å². The Hall–Kier alpha value is -7.14. The molecule has 22 heteroatoms. The van der Waals surface area contributed by atoms with Crippen LogP contribution in [0.25, 0.3) is 37.5 Å². The van der Waals surface area contributed by atoms with Crippen molar-refractivity contribution in [3.63, 3.8) is 0 Å². The third kappa shape index (κ3) is 11.5. The summed E-state index contributed by atoms with van der Waals surface area (Å²) in [5.74, 6) is -12.7. The molecule has 390 valence electrons. The molecular formula is C52H50F4N4O11S3. The first-order valence-corrected chi connectivity index (χ1v) is 27.3. The van der Waals surface area contributed by atoms with E-state index >= 15 is 17.6 Å². The summed E-state index contributed by atoms with van der Waals surface area (Å²) in [5, 5.41) is 6.69. The molecule has 0 spiro atoms. The second-order valence-corrected chi connectivity index (χ2v) is 23.3. The number of carbonyl (C=O) groups excluding carboxylic acids is 2. The molecule has 5 aromatic rings. The number of esters is 1. The van der Waals surface area contributed by atoms with E-state index in [2.05, 4.69) is 24.5 Å². The van der Waals surface area contributed by atoms with Crippen molar-refractivity contribution in [2.75, 3.05) is 30.8 Å². The molecule has 15 nitrogen and oxygen atoms in total. The van der Waals surface area contributed by atoms with Gasteiger partial charge in [-0.1, -0.05) is 55.5 Å². The largest absolute Gasteiger partial charge is 0.463 e. The average Bonchev–Trinajstić information content (AvgIpc) is 3.33. The minimum absolute atomic E-state index is 0.179. The number of hydrogen-bond donors (Lipinski definition) is 3. The second-order valence-electron chi connectivity index (χ2n) is 17.9. The highest BCUT2D eigenvalue weighted by molar-refractivity contribution is 8.12. The number of anilines is 2. The predicted octanol–water partition coefficient (Wildman–Crippen LogP) is 8.98. The fraction of sp³-hybridized carbons (Fsp3) is 0.250. The van der Waals surface area contributed by atoms with Crippen LogP contribution in [0.3, 0.4) is 0 Å². The van der Waals surface area contributed by atoms with Gasteiger partial charge in [-0.15, -0.1) is 0 Å². The van der Waals surface area contributed by atoms with E-state index in [4.69, 9.17) is 9.15 Å². The third-order valence-corrected chi connectivity index (χ3v) is 17.2. The summed E-state index contributed by atoms with van der Waals surface area (Å²) < 4.78 is 162. The Morgan fingerprint density at radius 3 is 1.95 bits per heavy atom. The number of fused-ring (bicyclic) bond motifs is 2. The number of aryl methyl sites for hydroxylation is 4. The van der Waals surface area contributed by atoms with Crippen LogP contribution in [0, 0.1) is 56.4 Å². The first kappa shape index (κ1) is 54.6. The maximum Gasteiger partial charge on any atom is 0.407 e. The van der Waals surface area contributed by atoms with Gasteiger partial charge < -0.3 is 28.7 Å². The molecule has 0 saturated heterocycles. The zero-order valence-corrected chi connectivity index (χ0v) is 43.4. The highest BCUT2D eigenvalue weighted by Crippen LogP contribution is 2.42. The van der Waals surface area contributed by atoms with E-state index in [1.54, 1.807) is 57.2 Å². The van der Waals surface area contributed by atoms with Crippen molar-refractivity contribution < 1.29 is 71.3 Å². The molecule has 74 heavy (non-hydrogen) atoms. The summed E-state index contributed by atoms with van der Waals surface area (Å²) in [6.45, 7) is 11.2. The summed E-state index contributed by atoms with van der Waals surface area (Å²) in [4.78, 5) is 22.0. The Balaban J connectivity index is 1.19. The van der Waals surface area contributed by atoms with Crippen LogP contribution in [-0.2, 0) is 44.2 Å². The zero-order chi connectivity index (χ0) is 54.1. The molecule has 5 aromatic carbocycles. The van der Waals surface area contributed by atoms with Gasteiger partial charge in [-0.3, -0.25) is 4.79 Å². The Morgan fingerprint density at radius 2 is 1.31 bits per heavy atom. The highest BCUT2D eigenvalue weighted by Gasteiger charge is 2.36. The van der Waals surface area contributed by atoms with Gasteiger partial charge in [-0.25, -0.2) is 52.6 Å². The maximum absolute atomic E-state index is 15.6. The van der Waals surface area contributed by atoms with E-state index in [1.807, 2.05) is 64.1 Å². The minimum Gasteiger partial charge on any atom is -0.463 e. The molecule has 3 N–H and O–H groups in total. The third-order valence-electron chi connectivity index (χ3n) is 12.2. The number of amides is 1. The number of para-hydroxylation sites is 2. The number of benzene rings is 6. The van der Waals surface area contributed by atoms with Crippen molar-refractivity contribution in [2.24, 2.45) is 5.41 Å². The molecular weight excluding hydrogens is 1030 g/mol. The second kappa shape index (κ2) is 21.4. The van der Waals surface area contributed by atoms with Gasteiger partial charge in [0.1, 0.15) is 54.4 Å². The van der Waals surface area contributed by atoms with E-state index in [0.29, 0.717) is 45.3 Å². The summed E-state index contributed by atoms with van der Waals surface area (Å²) in [5.41, 5.74) is 6.91.